The third kappa shape index (κ3) is 26.7. The number of aliphatic hydroxyl groups excluding tert-OH is 2. The maximum Gasteiger partial charge on any atom is 0.302 e. The van der Waals surface area contributed by atoms with Gasteiger partial charge in [-0.25, -0.2) is 0 Å². The second kappa shape index (κ2) is 19.6. The van der Waals surface area contributed by atoms with Crippen LogP contribution >= 0.6 is 0 Å². The lowest BCUT2D eigenvalue weighted by atomic mass is 10.7. The van der Waals surface area contributed by atoms with Crippen LogP contribution in [0.4, 0.5) is 0 Å². The van der Waals surface area contributed by atoms with Crippen LogP contribution < -0.4 is 0 Å². The predicted octanol–water partition coefficient (Wildman–Crippen LogP) is -0.410. The lowest BCUT2D eigenvalue weighted by Gasteiger charge is -2.01. The number of carbonyl (C=O) groups is 1. The van der Waals surface area contributed by atoms with Crippen LogP contribution in [0.3, 0.4) is 0 Å². The third-order valence-electron chi connectivity index (χ3n) is 1.58. The fraction of sp³-hybridized carbons (Fsp3) is 0.917. The molecule has 0 radical (unpaired) electrons. The fourth-order valence-corrected chi connectivity index (χ4v) is 0.840. The van der Waals surface area contributed by atoms with Crippen molar-refractivity contribution < 1.29 is 34.0 Å². The summed E-state index contributed by atoms with van der Waals surface area (Å²) in [6.45, 7) is 6.60. The van der Waals surface area contributed by atoms with Crippen molar-refractivity contribution in [3.8, 4) is 0 Å². The molecule has 0 unspecified atom stereocenters. The molecule has 0 saturated carbocycles. The zero-order chi connectivity index (χ0) is 14.8. The number of aliphatic hydroxyl groups is 2. The van der Waals surface area contributed by atoms with Crippen LogP contribution in [0.2, 0.25) is 0 Å². The molecule has 0 aliphatic carbocycles. The molecule has 0 aliphatic heterocycles. The quantitative estimate of drug-likeness (QED) is 0.393. The molecule has 0 aromatic carbocycles. The van der Waals surface area contributed by atoms with Crippen LogP contribution in [-0.2, 0) is 23.7 Å². The Labute approximate surface area is 114 Å². The Morgan fingerprint density at radius 2 is 1.32 bits per heavy atom. The standard InChI is InChI=1S/C6H12O4.C6H14O3/c1-6(8)10-5-4-9-3-2-7;1-2-8-5-6-9-4-3-7/h7H,2-5H2,1H3;7H,2-6H2,1H3. The SMILES string of the molecule is CC(=O)OCCOCCO.CCOCCOCCO. The molecule has 0 spiro atoms. The summed E-state index contributed by atoms with van der Waals surface area (Å²) in [5.74, 6) is -0.312. The molecule has 0 bridgehead atoms. The second-order valence-corrected chi connectivity index (χ2v) is 3.21. The average Bonchev–Trinajstić information content (AvgIpc) is 2.39. The monoisotopic (exact) mass is 282 g/mol. The lowest BCUT2D eigenvalue weighted by molar-refractivity contribution is -0.142. The Kier molecular flexibility index (Phi) is 21.2. The van der Waals surface area contributed by atoms with Gasteiger partial charge in [0, 0.05) is 13.5 Å². The van der Waals surface area contributed by atoms with Gasteiger partial charge in [-0.05, 0) is 6.92 Å². The second-order valence-electron chi connectivity index (χ2n) is 3.21. The molecule has 0 amide bonds. The van der Waals surface area contributed by atoms with Crippen LogP contribution in [-0.4, -0.2) is 75.6 Å². The Morgan fingerprint density at radius 1 is 0.842 bits per heavy atom. The summed E-state index contributed by atoms with van der Waals surface area (Å²) in [4.78, 5) is 10.1. The predicted molar refractivity (Wildman–Crippen MR) is 68.9 cm³/mol. The number of carbonyl (C=O) groups excluding carboxylic acids is 1. The van der Waals surface area contributed by atoms with Gasteiger partial charge in [0.2, 0.25) is 0 Å². The summed E-state index contributed by atoms with van der Waals surface area (Å²) in [6, 6.07) is 0. The first-order valence-electron chi connectivity index (χ1n) is 6.27. The number of ether oxygens (including phenoxy) is 4. The molecule has 0 heterocycles. The Bertz CT molecular complexity index is 169. The number of esters is 1. The fourth-order valence-electron chi connectivity index (χ4n) is 0.840. The summed E-state index contributed by atoms with van der Waals surface area (Å²) in [5.41, 5.74) is 0. The van der Waals surface area contributed by atoms with Crippen molar-refractivity contribution in [1.82, 2.24) is 0 Å². The van der Waals surface area contributed by atoms with Crippen molar-refractivity contribution in [2.75, 3.05) is 59.5 Å². The first kappa shape index (κ1) is 20.6. The minimum atomic E-state index is -0.312. The van der Waals surface area contributed by atoms with Crippen LogP contribution in [0.15, 0.2) is 0 Å². The molecule has 0 aliphatic rings. The first-order valence-corrected chi connectivity index (χ1v) is 6.27. The van der Waals surface area contributed by atoms with E-state index in [0.29, 0.717) is 33.0 Å². The molecule has 7 heteroatoms. The maximum atomic E-state index is 10.1. The van der Waals surface area contributed by atoms with E-state index in [9.17, 15) is 4.79 Å². The molecule has 0 rings (SSSR count). The van der Waals surface area contributed by atoms with Crippen molar-refractivity contribution in [2.24, 2.45) is 0 Å². The highest BCUT2D eigenvalue weighted by Gasteiger charge is 1.91. The van der Waals surface area contributed by atoms with Gasteiger partial charge >= 0.3 is 5.97 Å². The molecular weight excluding hydrogens is 256 g/mol. The number of rotatable bonds is 11. The van der Waals surface area contributed by atoms with E-state index in [-0.39, 0.29) is 25.8 Å². The molecule has 0 atom stereocenters. The summed E-state index contributed by atoms with van der Waals surface area (Å²) < 4.78 is 19.2. The third-order valence-corrected chi connectivity index (χ3v) is 1.58. The number of hydrogen-bond donors (Lipinski definition) is 2. The molecule has 0 fully saturated rings. The Hall–Kier alpha value is -0.730. The van der Waals surface area contributed by atoms with Crippen molar-refractivity contribution in [3.05, 3.63) is 0 Å². The Balaban J connectivity index is 0. The summed E-state index contributed by atoms with van der Waals surface area (Å²) in [6.07, 6.45) is 0. The van der Waals surface area contributed by atoms with E-state index < -0.39 is 0 Å². The topological polar surface area (TPSA) is 94.5 Å². The van der Waals surface area contributed by atoms with E-state index >= 15 is 0 Å². The summed E-state index contributed by atoms with van der Waals surface area (Å²) in [5, 5.41) is 16.5. The summed E-state index contributed by atoms with van der Waals surface area (Å²) in [7, 11) is 0. The van der Waals surface area contributed by atoms with E-state index in [4.69, 9.17) is 24.4 Å². The average molecular weight is 282 g/mol. The van der Waals surface area contributed by atoms with E-state index in [1.54, 1.807) is 0 Å². The highest BCUT2D eigenvalue weighted by molar-refractivity contribution is 5.65. The Morgan fingerprint density at radius 3 is 1.74 bits per heavy atom. The molecule has 2 N–H and O–H groups in total. The van der Waals surface area contributed by atoms with Crippen LogP contribution in [0.25, 0.3) is 0 Å². The van der Waals surface area contributed by atoms with Crippen molar-refractivity contribution >= 4 is 5.97 Å². The van der Waals surface area contributed by atoms with E-state index in [2.05, 4.69) is 4.74 Å². The zero-order valence-electron chi connectivity index (χ0n) is 11.8. The molecule has 19 heavy (non-hydrogen) atoms. The van der Waals surface area contributed by atoms with Gasteiger partial charge in [-0.1, -0.05) is 0 Å². The molecule has 7 nitrogen and oxygen atoms in total. The highest BCUT2D eigenvalue weighted by Crippen LogP contribution is 1.78. The normalized spacial score (nSPS) is 9.68. The van der Waals surface area contributed by atoms with Crippen molar-refractivity contribution in [3.63, 3.8) is 0 Å². The van der Waals surface area contributed by atoms with Gasteiger partial charge in [-0.15, -0.1) is 0 Å². The highest BCUT2D eigenvalue weighted by atomic mass is 16.6. The van der Waals surface area contributed by atoms with Gasteiger partial charge in [-0.3, -0.25) is 4.79 Å². The molecular formula is C12H26O7. The number of hydrogen-bond acceptors (Lipinski definition) is 7. The van der Waals surface area contributed by atoms with Crippen LogP contribution in [0.1, 0.15) is 13.8 Å². The van der Waals surface area contributed by atoms with Gasteiger partial charge < -0.3 is 29.2 Å². The van der Waals surface area contributed by atoms with Crippen LogP contribution in [0.5, 0.6) is 0 Å². The minimum Gasteiger partial charge on any atom is -0.463 e. The van der Waals surface area contributed by atoms with Crippen molar-refractivity contribution in [1.29, 1.82) is 0 Å². The van der Waals surface area contributed by atoms with E-state index in [0.717, 1.165) is 6.61 Å². The molecule has 0 aromatic heterocycles. The van der Waals surface area contributed by atoms with Gasteiger partial charge in [0.05, 0.1) is 46.2 Å². The zero-order valence-corrected chi connectivity index (χ0v) is 11.8. The van der Waals surface area contributed by atoms with E-state index in [1.807, 2.05) is 6.92 Å². The lowest BCUT2D eigenvalue weighted by Crippen LogP contribution is -2.09. The smallest absolute Gasteiger partial charge is 0.302 e. The van der Waals surface area contributed by atoms with Gasteiger partial charge in [0.25, 0.3) is 0 Å². The molecule has 0 aromatic rings. The van der Waals surface area contributed by atoms with E-state index in [1.165, 1.54) is 6.92 Å². The molecule has 0 saturated heterocycles. The molecule has 116 valence electrons. The van der Waals surface area contributed by atoms with Crippen molar-refractivity contribution in [2.45, 2.75) is 13.8 Å². The summed E-state index contributed by atoms with van der Waals surface area (Å²) >= 11 is 0. The van der Waals surface area contributed by atoms with Gasteiger partial charge in [-0.2, -0.15) is 0 Å². The largest absolute Gasteiger partial charge is 0.463 e. The first-order chi connectivity index (χ1) is 9.18. The van der Waals surface area contributed by atoms with Gasteiger partial charge in [0.15, 0.2) is 0 Å². The maximum absolute atomic E-state index is 10.1. The van der Waals surface area contributed by atoms with Gasteiger partial charge in [0.1, 0.15) is 6.61 Å². The van der Waals surface area contributed by atoms with Crippen LogP contribution in [0, 0.1) is 0 Å². The minimum absolute atomic E-state index is 0.0000709.